The van der Waals surface area contributed by atoms with E-state index in [2.05, 4.69) is 20.8 Å². The van der Waals surface area contributed by atoms with Gasteiger partial charge in [-0.2, -0.15) is 0 Å². The molecule has 0 radical (unpaired) electrons. The lowest BCUT2D eigenvalue weighted by molar-refractivity contribution is 0.343. The number of rotatable bonds is 1. The SMILES string of the molecule is CC(C)(C)C1C[C@H]1c1ccc(F)cc1. The fourth-order valence-corrected chi connectivity index (χ4v) is 2.23. The van der Waals surface area contributed by atoms with E-state index in [0.717, 1.165) is 5.92 Å². The average molecular weight is 192 g/mol. The largest absolute Gasteiger partial charge is 0.207 e. The fraction of sp³-hybridized carbons (Fsp3) is 0.538. The van der Waals surface area contributed by atoms with Gasteiger partial charge in [0.15, 0.2) is 0 Å². The first-order valence-electron chi connectivity index (χ1n) is 5.24. The van der Waals surface area contributed by atoms with Crippen LogP contribution < -0.4 is 0 Å². The molecule has 0 nitrogen and oxygen atoms in total. The van der Waals surface area contributed by atoms with E-state index in [9.17, 15) is 4.39 Å². The Bertz CT molecular complexity index is 318. The van der Waals surface area contributed by atoms with E-state index in [1.807, 2.05) is 12.1 Å². The first-order valence-corrected chi connectivity index (χ1v) is 5.24. The maximum absolute atomic E-state index is 12.7. The third kappa shape index (κ3) is 1.82. The van der Waals surface area contributed by atoms with Crippen molar-refractivity contribution in [2.45, 2.75) is 33.1 Å². The maximum atomic E-state index is 12.7. The number of benzene rings is 1. The molecule has 1 heteroatoms. The zero-order chi connectivity index (χ0) is 10.3. The fourth-order valence-electron chi connectivity index (χ4n) is 2.23. The van der Waals surface area contributed by atoms with Crippen molar-refractivity contribution < 1.29 is 4.39 Å². The third-order valence-corrected chi connectivity index (χ3v) is 3.20. The second-order valence-corrected chi connectivity index (χ2v) is 5.37. The van der Waals surface area contributed by atoms with E-state index >= 15 is 0 Å². The van der Waals surface area contributed by atoms with Gasteiger partial charge in [-0.3, -0.25) is 0 Å². The Balaban J connectivity index is 2.10. The molecule has 1 aromatic carbocycles. The van der Waals surface area contributed by atoms with Gasteiger partial charge in [0.05, 0.1) is 0 Å². The highest BCUT2D eigenvalue weighted by Crippen LogP contribution is 2.56. The highest BCUT2D eigenvalue weighted by molar-refractivity contribution is 5.27. The molecule has 1 aromatic rings. The van der Waals surface area contributed by atoms with Crippen LogP contribution in [0.3, 0.4) is 0 Å². The number of hydrogen-bond acceptors (Lipinski definition) is 0. The molecule has 0 bridgehead atoms. The molecule has 1 unspecified atom stereocenters. The second kappa shape index (κ2) is 3.08. The lowest BCUT2D eigenvalue weighted by atomic mass is 9.88. The molecule has 0 aliphatic heterocycles. The van der Waals surface area contributed by atoms with Crippen molar-refractivity contribution >= 4 is 0 Å². The molecule has 0 saturated heterocycles. The Morgan fingerprint density at radius 3 is 2.14 bits per heavy atom. The summed E-state index contributed by atoms with van der Waals surface area (Å²) in [7, 11) is 0. The molecule has 1 fully saturated rings. The molecule has 1 saturated carbocycles. The van der Waals surface area contributed by atoms with Gasteiger partial charge in [-0.1, -0.05) is 32.9 Å². The molecule has 0 amide bonds. The summed E-state index contributed by atoms with van der Waals surface area (Å²) in [5.41, 5.74) is 1.69. The molecule has 0 aromatic heterocycles. The molecular weight excluding hydrogens is 175 g/mol. The normalized spacial score (nSPS) is 26.3. The summed E-state index contributed by atoms with van der Waals surface area (Å²) in [6.45, 7) is 6.84. The van der Waals surface area contributed by atoms with Gasteiger partial charge in [-0.15, -0.1) is 0 Å². The van der Waals surface area contributed by atoms with Gasteiger partial charge in [-0.05, 0) is 41.4 Å². The van der Waals surface area contributed by atoms with E-state index in [0.29, 0.717) is 11.3 Å². The summed E-state index contributed by atoms with van der Waals surface area (Å²) in [6.07, 6.45) is 1.26. The van der Waals surface area contributed by atoms with Gasteiger partial charge in [0.2, 0.25) is 0 Å². The zero-order valence-electron chi connectivity index (χ0n) is 9.05. The van der Waals surface area contributed by atoms with Gasteiger partial charge in [0.25, 0.3) is 0 Å². The Hall–Kier alpha value is -0.850. The molecular formula is C13H17F. The first kappa shape index (κ1) is 9.70. The topological polar surface area (TPSA) is 0 Å². The summed E-state index contributed by atoms with van der Waals surface area (Å²) < 4.78 is 12.7. The van der Waals surface area contributed by atoms with Crippen LogP contribution in [0.5, 0.6) is 0 Å². The third-order valence-electron chi connectivity index (χ3n) is 3.20. The van der Waals surface area contributed by atoms with Crippen molar-refractivity contribution in [2.24, 2.45) is 11.3 Å². The molecule has 0 spiro atoms. The minimum absolute atomic E-state index is 0.137. The van der Waals surface area contributed by atoms with E-state index in [1.54, 1.807) is 12.1 Å². The van der Waals surface area contributed by atoms with Crippen LogP contribution in [0.15, 0.2) is 24.3 Å². The van der Waals surface area contributed by atoms with Crippen molar-refractivity contribution in [1.82, 2.24) is 0 Å². The highest BCUT2D eigenvalue weighted by atomic mass is 19.1. The summed E-state index contributed by atoms with van der Waals surface area (Å²) in [4.78, 5) is 0. The van der Waals surface area contributed by atoms with Crippen LogP contribution in [0.1, 0.15) is 38.7 Å². The lowest BCUT2D eigenvalue weighted by Gasteiger charge is -2.18. The summed E-state index contributed by atoms with van der Waals surface area (Å²) >= 11 is 0. The van der Waals surface area contributed by atoms with Gasteiger partial charge >= 0.3 is 0 Å². The van der Waals surface area contributed by atoms with Crippen molar-refractivity contribution in [3.8, 4) is 0 Å². The summed E-state index contributed by atoms with van der Waals surface area (Å²) in [6, 6.07) is 6.97. The molecule has 1 aliphatic carbocycles. The highest BCUT2D eigenvalue weighted by Gasteiger charge is 2.45. The van der Waals surface area contributed by atoms with Crippen LogP contribution in [0, 0.1) is 17.2 Å². The Morgan fingerprint density at radius 2 is 1.71 bits per heavy atom. The predicted molar refractivity (Wildman–Crippen MR) is 56.7 cm³/mol. The molecule has 0 heterocycles. The minimum Gasteiger partial charge on any atom is -0.207 e. The molecule has 2 atom stereocenters. The van der Waals surface area contributed by atoms with E-state index in [-0.39, 0.29) is 5.82 Å². The van der Waals surface area contributed by atoms with Crippen molar-refractivity contribution in [3.05, 3.63) is 35.6 Å². The Kier molecular flexibility index (Phi) is 2.13. The van der Waals surface area contributed by atoms with Crippen molar-refractivity contribution in [1.29, 1.82) is 0 Å². The minimum atomic E-state index is -0.137. The summed E-state index contributed by atoms with van der Waals surface area (Å²) in [5.74, 6) is 1.30. The Labute approximate surface area is 85.1 Å². The van der Waals surface area contributed by atoms with E-state index in [4.69, 9.17) is 0 Å². The quantitative estimate of drug-likeness (QED) is 0.631. The van der Waals surface area contributed by atoms with E-state index in [1.165, 1.54) is 12.0 Å². The molecule has 2 rings (SSSR count). The lowest BCUT2D eigenvalue weighted by Crippen LogP contribution is -2.08. The molecule has 76 valence electrons. The number of halogens is 1. The number of hydrogen-bond donors (Lipinski definition) is 0. The van der Waals surface area contributed by atoms with Gasteiger partial charge in [0.1, 0.15) is 5.82 Å². The average Bonchev–Trinajstić information content (AvgIpc) is 2.83. The zero-order valence-corrected chi connectivity index (χ0v) is 9.05. The van der Waals surface area contributed by atoms with Crippen LogP contribution in [0.25, 0.3) is 0 Å². The van der Waals surface area contributed by atoms with Gasteiger partial charge < -0.3 is 0 Å². The van der Waals surface area contributed by atoms with Crippen molar-refractivity contribution in [3.63, 3.8) is 0 Å². The molecule has 14 heavy (non-hydrogen) atoms. The standard InChI is InChI=1S/C13H17F/c1-13(2,3)12-8-11(12)9-4-6-10(14)7-5-9/h4-7,11-12H,8H2,1-3H3/t11-,12?/m0/s1. The second-order valence-electron chi connectivity index (χ2n) is 5.37. The molecule has 1 aliphatic rings. The van der Waals surface area contributed by atoms with Crippen LogP contribution in [-0.4, -0.2) is 0 Å². The van der Waals surface area contributed by atoms with Crippen LogP contribution in [-0.2, 0) is 0 Å². The summed E-state index contributed by atoms with van der Waals surface area (Å²) in [5, 5.41) is 0. The molecule has 0 N–H and O–H groups in total. The van der Waals surface area contributed by atoms with Crippen LogP contribution in [0.2, 0.25) is 0 Å². The smallest absolute Gasteiger partial charge is 0.123 e. The van der Waals surface area contributed by atoms with Gasteiger partial charge in [0, 0.05) is 0 Å². The monoisotopic (exact) mass is 192 g/mol. The van der Waals surface area contributed by atoms with Crippen LogP contribution in [0.4, 0.5) is 4.39 Å². The van der Waals surface area contributed by atoms with Gasteiger partial charge in [-0.25, -0.2) is 4.39 Å². The van der Waals surface area contributed by atoms with Crippen LogP contribution >= 0.6 is 0 Å². The predicted octanol–water partition coefficient (Wildman–Crippen LogP) is 3.98. The first-order chi connectivity index (χ1) is 6.48. The maximum Gasteiger partial charge on any atom is 0.123 e. The van der Waals surface area contributed by atoms with E-state index < -0.39 is 0 Å². The van der Waals surface area contributed by atoms with Crippen molar-refractivity contribution in [2.75, 3.05) is 0 Å². The Morgan fingerprint density at radius 1 is 1.14 bits per heavy atom.